The van der Waals surface area contributed by atoms with E-state index in [1.807, 2.05) is 45.0 Å². The lowest BCUT2D eigenvalue weighted by Crippen LogP contribution is -2.50. The quantitative estimate of drug-likeness (QED) is 0.662. The minimum atomic E-state index is -0.365. The van der Waals surface area contributed by atoms with E-state index in [0.29, 0.717) is 0 Å². The lowest BCUT2D eigenvalue weighted by atomic mass is 10.1. The van der Waals surface area contributed by atoms with Crippen LogP contribution in [0.5, 0.6) is 5.75 Å². The average molecular weight is 396 g/mol. The normalized spacial score (nSPS) is 16.5. The Morgan fingerprint density at radius 3 is 2.66 bits per heavy atom. The number of aromatic nitrogens is 4. The molecule has 8 nitrogen and oxygen atoms in total. The summed E-state index contributed by atoms with van der Waals surface area (Å²) in [5, 5.41) is 18.6. The lowest BCUT2D eigenvalue weighted by Gasteiger charge is -2.37. The highest BCUT2D eigenvalue weighted by Gasteiger charge is 2.22. The molecular weight excluding hydrogens is 368 g/mol. The van der Waals surface area contributed by atoms with E-state index in [9.17, 15) is 5.11 Å². The topological polar surface area (TPSA) is 90.4 Å². The van der Waals surface area contributed by atoms with Gasteiger partial charge < -0.3 is 14.7 Å². The van der Waals surface area contributed by atoms with Gasteiger partial charge in [-0.05, 0) is 38.5 Å². The van der Waals surface area contributed by atoms with Gasteiger partial charge in [-0.1, -0.05) is 6.92 Å². The van der Waals surface area contributed by atoms with E-state index in [4.69, 9.17) is 4.74 Å². The SMILES string of the molecule is CCC(O)N1CCN(c2cc(-c3n[nH]c4ccc(OC(C)C)cc34)ncn2)CC1. The number of anilines is 1. The zero-order valence-corrected chi connectivity index (χ0v) is 17.2. The number of ether oxygens (including phenoxy) is 1. The summed E-state index contributed by atoms with van der Waals surface area (Å²) in [6.45, 7) is 9.29. The smallest absolute Gasteiger partial charge is 0.132 e. The summed E-state index contributed by atoms with van der Waals surface area (Å²) in [6.07, 6.45) is 2.08. The highest BCUT2D eigenvalue weighted by atomic mass is 16.5. The first-order valence-electron chi connectivity index (χ1n) is 10.2. The molecule has 3 aromatic rings. The van der Waals surface area contributed by atoms with Crippen molar-refractivity contribution >= 4 is 16.7 Å². The van der Waals surface area contributed by atoms with E-state index < -0.39 is 0 Å². The molecule has 1 fully saturated rings. The summed E-state index contributed by atoms with van der Waals surface area (Å²) in [5.74, 6) is 1.70. The Bertz CT molecular complexity index is 965. The molecule has 8 heteroatoms. The zero-order valence-electron chi connectivity index (χ0n) is 17.2. The summed E-state index contributed by atoms with van der Waals surface area (Å²) in [6, 6.07) is 7.90. The number of piperazine rings is 1. The standard InChI is InChI=1S/C21H28N6O2/c1-4-20(28)27-9-7-26(8-10-27)19-12-18(22-13-23-19)21-16-11-15(29-14(2)3)5-6-17(16)24-25-21/h5-6,11-14,20,28H,4,7-10H2,1-3H3,(H,24,25). The highest BCUT2D eigenvalue weighted by Crippen LogP contribution is 2.30. The Balaban J connectivity index is 1.58. The van der Waals surface area contributed by atoms with Gasteiger partial charge in [0.1, 0.15) is 29.8 Å². The van der Waals surface area contributed by atoms with Crippen LogP contribution in [0.15, 0.2) is 30.6 Å². The molecule has 154 valence electrons. The van der Waals surface area contributed by atoms with Crippen molar-refractivity contribution in [3.63, 3.8) is 0 Å². The van der Waals surface area contributed by atoms with Crippen molar-refractivity contribution in [2.45, 2.75) is 39.5 Å². The molecule has 1 aliphatic rings. The molecular formula is C21H28N6O2. The van der Waals surface area contributed by atoms with Crippen LogP contribution in [-0.2, 0) is 0 Å². The molecule has 0 radical (unpaired) electrons. The van der Waals surface area contributed by atoms with Crippen molar-refractivity contribution < 1.29 is 9.84 Å². The number of hydrogen-bond donors (Lipinski definition) is 2. The fraction of sp³-hybridized carbons (Fsp3) is 0.476. The van der Waals surface area contributed by atoms with Crippen molar-refractivity contribution in [1.29, 1.82) is 0 Å². The Labute approximate surface area is 170 Å². The van der Waals surface area contributed by atoms with Gasteiger partial charge in [0.05, 0.1) is 17.3 Å². The number of benzene rings is 1. The number of nitrogens with zero attached hydrogens (tertiary/aromatic N) is 5. The predicted molar refractivity (Wildman–Crippen MR) is 113 cm³/mol. The number of aliphatic hydroxyl groups excluding tert-OH is 1. The van der Waals surface area contributed by atoms with Crippen LogP contribution in [0.1, 0.15) is 27.2 Å². The highest BCUT2D eigenvalue weighted by molar-refractivity contribution is 5.93. The average Bonchev–Trinajstić information content (AvgIpc) is 3.16. The van der Waals surface area contributed by atoms with Crippen molar-refractivity contribution in [3.8, 4) is 17.1 Å². The fourth-order valence-electron chi connectivity index (χ4n) is 3.69. The van der Waals surface area contributed by atoms with Gasteiger partial charge in [0.2, 0.25) is 0 Å². The Morgan fingerprint density at radius 1 is 1.14 bits per heavy atom. The number of aliphatic hydroxyl groups is 1. The second kappa shape index (κ2) is 8.34. The third kappa shape index (κ3) is 4.18. The van der Waals surface area contributed by atoms with Crippen molar-refractivity contribution in [1.82, 2.24) is 25.1 Å². The molecule has 2 N–H and O–H groups in total. The Kier molecular flexibility index (Phi) is 5.64. The van der Waals surface area contributed by atoms with Crippen LogP contribution in [0, 0.1) is 0 Å². The molecule has 29 heavy (non-hydrogen) atoms. The van der Waals surface area contributed by atoms with Gasteiger partial charge in [0.15, 0.2) is 0 Å². The van der Waals surface area contributed by atoms with Crippen LogP contribution in [0.4, 0.5) is 5.82 Å². The van der Waals surface area contributed by atoms with E-state index in [1.165, 1.54) is 0 Å². The molecule has 0 saturated carbocycles. The molecule has 4 rings (SSSR count). The molecule has 1 aliphatic heterocycles. The monoisotopic (exact) mass is 396 g/mol. The number of hydrogen-bond acceptors (Lipinski definition) is 7. The molecule has 1 atom stereocenters. The molecule has 1 aromatic carbocycles. The number of nitrogens with one attached hydrogen (secondary N) is 1. The summed E-state index contributed by atoms with van der Waals surface area (Å²) in [5.41, 5.74) is 2.51. The van der Waals surface area contributed by atoms with Crippen molar-refractivity contribution in [3.05, 3.63) is 30.6 Å². The van der Waals surface area contributed by atoms with Gasteiger partial charge >= 0.3 is 0 Å². The van der Waals surface area contributed by atoms with Gasteiger partial charge in [-0.15, -0.1) is 0 Å². The van der Waals surface area contributed by atoms with Crippen LogP contribution in [0.2, 0.25) is 0 Å². The number of rotatable bonds is 6. The lowest BCUT2D eigenvalue weighted by molar-refractivity contribution is -0.00199. The predicted octanol–water partition coefficient (Wildman–Crippen LogP) is 2.66. The minimum Gasteiger partial charge on any atom is -0.491 e. The van der Waals surface area contributed by atoms with E-state index in [-0.39, 0.29) is 12.3 Å². The van der Waals surface area contributed by atoms with E-state index >= 15 is 0 Å². The number of H-pyrrole nitrogens is 1. The molecule has 1 saturated heterocycles. The molecule has 0 spiro atoms. The van der Waals surface area contributed by atoms with Gasteiger partial charge in [-0.25, -0.2) is 9.97 Å². The third-order valence-electron chi connectivity index (χ3n) is 5.23. The molecule has 1 unspecified atom stereocenters. The first-order chi connectivity index (χ1) is 14.0. The van der Waals surface area contributed by atoms with Gasteiger partial charge in [-0.3, -0.25) is 10.00 Å². The zero-order chi connectivity index (χ0) is 20.4. The van der Waals surface area contributed by atoms with Crippen LogP contribution < -0.4 is 9.64 Å². The number of fused-ring (bicyclic) bond motifs is 1. The largest absolute Gasteiger partial charge is 0.491 e. The van der Waals surface area contributed by atoms with Crippen molar-refractivity contribution in [2.24, 2.45) is 0 Å². The Hall–Kier alpha value is -2.71. The fourth-order valence-corrected chi connectivity index (χ4v) is 3.69. The van der Waals surface area contributed by atoms with Crippen molar-refractivity contribution in [2.75, 3.05) is 31.1 Å². The van der Waals surface area contributed by atoms with Gasteiger partial charge in [0.25, 0.3) is 0 Å². The van der Waals surface area contributed by atoms with Crippen LogP contribution in [-0.4, -0.2) is 68.7 Å². The molecule has 2 aromatic heterocycles. The number of aromatic amines is 1. The first-order valence-corrected chi connectivity index (χ1v) is 10.2. The second-order valence-electron chi connectivity index (χ2n) is 7.62. The van der Waals surface area contributed by atoms with Gasteiger partial charge in [-0.2, -0.15) is 5.10 Å². The molecule has 0 amide bonds. The molecule has 3 heterocycles. The molecule has 0 bridgehead atoms. The molecule has 0 aliphatic carbocycles. The minimum absolute atomic E-state index is 0.110. The third-order valence-corrected chi connectivity index (χ3v) is 5.23. The summed E-state index contributed by atoms with van der Waals surface area (Å²) >= 11 is 0. The van der Waals surface area contributed by atoms with Crippen LogP contribution >= 0.6 is 0 Å². The maximum atomic E-state index is 10.0. The summed E-state index contributed by atoms with van der Waals surface area (Å²) in [4.78, 5) is 13.3. The first kappa shape index (κ1) is 19.6. The van der Waals surface area contributed by atoms with Gasteiger partial charge in [0, 0.05) is 37.6 Å². The van der Waals surface area contributed by atoms with E-state index in [1.54, 1.807) is 6.33 Å². The summed E-state index contributed by atoms with van der Waals surface area (Å²) < 4.78 is 5.83. The maximum absolute atomic E-state index is 10.0. The maximum Gasteiger partial charge on any atom is 0.132 e. The summed E-state index contributed by atoms with van der Waals surface area (Å²) in [7, 11) is 0. The van der Waals surface area contributed by atoms with E-state index in [2.05, 4.69) is 30.0 Å². The second-order valence-corrected chi connectivity index (χ2v) is 7.62. The van der Waals surface area contributed by atoms with Crippen LogP contribution in [0.25, 0.3) is 22.3 Å². The van der Waals surface area contributed by atoms with E-state index in [0.717, 1.165) is 66.5 Å². The Morgan fingerprint density at radius 2 is 1.93 bits per heavy atom. The van der Waals surface area contributed by atoms with Crippen LogP contribution in [0.3, 0.4) is 0 Å².